The Hall–Kier alpha value is -3.57. The molecule has 0 unspecified atom stereocenters. The molecule has 2 aromatic heterocycles. The second kappa shape index (κ2) is 9.73. The molecule has 0 saturated carbocycles. The fourth-order valence-corrected chi connectivity index (χ4v) is 3.43. The molecule has 0 aliphatic heterocycles. The quantitative estimate of drug-likeness (QED) is 0.250. The largest absolute Gasteiger partial charge is 2.00 e. The summed E-state index contributed by atoms with van der Waals surface area (Å²) in [6.07, 6.45) is 3.33. The number of para-hydroxylation sites is 2. The van der Waals surface area contributed by atoms with Gasteiger partial charge in [-0.3, -0.25) is 0 Å². The average Bonchev–Trinajstić information content (AvgIpc) is 3.51. The van der Waals surface area contributed by atoms with E-state index in [9.17, 15) is 0 Å². The van der Waals surface area contributed by atoms with E-state index in [1.54, 1.807) is 22.0 Å². The fourth-order valence-electron chi connectivity index (χ4n) is 3.43. The third kappa shape index (κ3) is 4.85. The van der Waals surface area contributed by atoms with E-state index in [1.807, 2.05) is 65.6 Å². The van der Waals surface area contributed by atoms with Gasteiger partial charge in [-0.2, -0.15) is 58.5 Å². The standard InChI is InChI=1S/C26H23N7.Pt/c1-26(2,3)20-14-16-23(17-15-20)33(24-27-18-31(29-24)21-10-6-4-7-11-21)25-28-19-32(30-25)22-12-8-5-9-13-22;/h4-10,12,14-19H,1-3H3;/q-2;+2. The summed E-state index contributed by atoms with van der Waals surface area (Å²) in [6, 6.07) is 29.9. The number of rotatable bonds is 5. The Labute approximate surface area is 213 Å². The van der Waals surface area contributed by atoms with Crippen LogP contribution in [0.1, 0.15) is 26.3 Å². The van der Waals surface area contributed by atoms with Gasteiger partial charge in [-0.25, -0.2) is 14.3 Å². The van der Waals surface area contributed by atoms with Crippen molar-refractivity contribution in [2.75, 3.05) is 4.90 Å². The van der Waals surface area contributed by atoms with E-state index in [1.165, 1.54) is 5.56 Å². The Morgan fingerprint density at radius 2 is 1.21 bits per heavy atom. The van der Waals surface area contributed by atoms with E-state index >= 15 is 0 Å². The first-order chi connectivity index (χ1) is 16.0. The molecule has 5 aromatic rings. The van der Waals surface area contributed by atoms with E-state index in [2.05, 4.69) is 65.2 Å². The maximum atomic E-state index is 4.69. The topological polar surface area (TPSA) is 64.7 Å². The van der Waals surface area contributed by atoms with Crippen molar-refractivity contribution >= 4 is 17.6 Å². The molecule has 0 saturated heterocycles. The first kappa shape index (κ1) is 23.6. The van der Waals surface area contributed by atoms with Crippen LogP contribution >= 0.6 is 0 Å². The van der Waals surface area contributed by atoms with Crippen molar-refractivity contribution in [2.45, 2.75) is 26.2 Å². The molecule has 0 radical (unpaired) electrons. The summed E-state index contributed by atoms with van der Waals surface area (Å²) >= 11 is 0. The third-order valence-corrected chi connectivity index (χ3v) is 5.23. The molecule has 0 aliphatic rings. The molecule has 8 heteroatoms. The van der Waals surface area contributed by atoms with Gasteiger partial charge in [0.15, 0.2) is 0 Å². The predicted octanol–water partition coefficient (Wildman–Crippen LogP) is 5.21. The van der Waals surface area contributed by atoms with Crippen molar-refractivity contribution in [2.24, 2.45) is 0 Å². The summed E-state index contributed by atoms with van der Waals surface area (Å²) in [6.45, 7) is 6.58. The zero-order chi connectivity index (χ0) is 22.8. The predicted molar refractivity (Wildman–Crippen MR) is 127 cm³/mol. The van der Waals surface area contributed by atoms with Crippen molar-refractivity contribution in [3.63, 3.8) is 0 Å². The van der Waals surface area contributed by atoms with Crippen LogP contribution in [0.2, 0.25) is 0 Å². The number of anilines is 3. The second-order valence-corrected chi connectivity index (χ2v) is 8.61. The van der Waals surface area contributed by atoms with Crippen LogP contribution in [0.25, 0.3) is 11.4 Å². The van der Waals surface area contributed by atoms with Crippen LogP contribution in [0.3, 0.4) is 0 Å². The van der Waals surface area contributed by atoms with Crippen molar-refractivity contribution in [1.29, 1.82) is 0 Å². The van der Waals surface area contributed by atoms with Gasteiger partial charge in [-0.15, -0.1) is 22.3 Å². The van der Waals surface area contributed by atoms with Gasteiger partial charge in [0.2, 0.25) is 0 Å². The van der Waals surface area contributed by atoms with Crippen LogP contribution in [-0.4, -0.2) is 29.5 Å². The van der Waals surface area contributed by atoms with Crippen molar-refractivity contribution in [3.05, 3.63) is 103 Å². The molecule has 5 rings (SSSR count). The minimum absolute atomic E-state index is 0. The maximum Gasteiger partial charge on any atom is 2.00 e. The van der Waals surface area contributed by atoms with Crippen molar-refractivity contribution < 1.29 is 21.1 Å². The number of aromatic nitrogens is 6. The smallest absolute Gasteiger partial charge is 0.244 e. The van der Waals surface area contributed by atoms with Gasteiger partial charge in [-0.05, 0) is 34.5 Å². The zero-order valence-corrected chi connectivity index (χ0v) is 21.3. The Kier molecular flexibility index (Phi) is 6.75. The second-order valence-electron chi connectivity index (χ2n) is 8.61. The molecule has 2 heterocycles. The Morgan fingerprint density at radius 3 is 1.62 bits per heavy atom. The Morgan fingerprint density at radius 1 is 0.706 bits per heavy atom. The van der Waals surface area contributed by atoms with Gasteiger partial charge in [0.1, 0.15) is 12.7 Å². The van der Waals surface area contributed by atoms with Crippen LogP contribution in [-0.2, 0) is 26.5 Å². The summed E-state index contributed by atoms with van der Waals surface area (Å²) < 4.78 is 3.38. The minimum atomic E-state index is 0. The van der Waals surface area contributed by atoms with Crippen molar-refractivity contribution in [3.8, 4) is 11.4 Å². The molecule has 0 atom stereocenters. The van der Waals surface area contributed by atoms with E-state index < -0.39 is 0 Å². The fraction of sp³-hybridized carbons (Fsp3) is 0.154. The molecule has 0 spiro atoms. The third-order valence-electron chi connectivity index (χ3n) is 5.23. The summed E-state index contributed by atoms with van der Waals surface area (Å²) in [7, 11) is 0. The van der Waals surface area contributed by atoms with Gasteiger partial charge in [0.05, 0.1) is 5.69 Å². The summed E-state index contributed by atoms with van der Waals surface area (Å²) in [5.74, 6) is 0.927. The molecule has 0 bridgehead atoms. The monoisotopic (exact) mass is 628 g/mol. The molecule has 0 amide bonds. The number of nitrogens with zero attached hydrogens (tertiary/aromatic N) is 7. The van der Waals surface area contributed by atoms with E-state index in [0.717, 1.165) is 17.1 Å². The Bertz CT molecular complexity index is 1260. The van der Waals surface area contributed by atoms with Crippen LogP contribution in [0.5, 0.6) is 0 Å². The molecule has 34 heavy (non-hydrogen) atoms. The van der Waals surface area contributed by atoms with Gasteiger partial charge in [0, 0.05) is 0 Å². The van der Waals surface area contributed by atoms with E-state index in [-0.39, 0.29) is 26.5 Å². The molecular weight excluding hydrogens is 605 g/mol. The molecule has 0 aliphatic carbocycles. The number of hydrogen-bond acceptors (Lipinski definition) is 5. The first-order valence-electron chi connectivity index (χ1n) is 10.7. The molecular formula is C26H23N7Pt. The summed E-state index contributed by atoms with van der Waals surface area (Å²) in [5.41, 5.74) is 3.76. The molecule has 0 fully saturated rings. The van der Waals surface area contributed by atoms with Crippen LogP contribution in [0.15, 0.2) is 85.5 Å². The Balaban J connectivity index is 0.00000274. The molecule has 3 aromatic carbocycles. The zero-order valence-electron chi connectivity index (χ0n) is 19.0. The van der Waals surface area contributed by atoms with Gasteiger partial charge >= 0.3 is 21.1 Å². The number of hydrogen-bond donors (Lipinski definition) is 0. The summed E-state index contributed by atoms with van der Waals surface area (Å²) in [4.78, 5) is 11.0. The van der Waals surface area contributed by atoms with Crippen LogP contribution in [0.4, 0.5) is 17.6 Å². The van der Waals surface area contributed by atoms with E-state index in [4.69, 9.17) is 0 Å². The first-order valence-corrected chi connectivity index (χ1v) is 10.7. The minimum Gasteiger partial charge on any atom is -0.244 e. The van der Waals surface area contributed by atoms with Crippen molar-refractivity contribution in [1.82, 2.24) is 29.5 Å². The SMILES string of the molecule is CC(C)(C)c1ccc(N(c2ncn(-c3[c-]cccc3)n2)c2ncn(-c3[c-]cccc3)n2)cc1.[Pt+2]. The van der Waals surface area contributed by atoms with Gasteiger partial charge in [0.25, 0.3) is 11.9 Å². The van der Waals surface area contributed by atoms with Crippen LogP contribution in [0, 0.1) is 12.1 Å². The summed E-state index contributed by atoms with van der Waals surface area (Å²) in [5, 5.41) is 9.38. The molecule has 7 nitrogen and oxygen atoms in total. The maximum absolute atomic E-state index is 4.69. The van der Waals surface area contributed by atoms with Gasteiger partial charge < -0.3 is 0 Å². The van der Waals surface area contributed by atoms with Crippen LogP contribution < -0.4 is 4.90 Å². The average molecular weight is 629 g/mol. The van der Waals surface area contributed by atoms with Gasteiger partial charge in [-0.1, -0.05) is 32.9 Å². The normalized spacial score (nSPS) is 11.1. The molecule has 0 N–H and O–H groups in total. The number of benzene rings is 3. The van der Waals surface area contributed by atoms with E-state index in [0.29, 0.717) is 11.9 Å². The molecule has 172 valence electrons.